The van der Waals surface area contributed by atoms with Crippen LogP contribution in [0.3, 0.4) is 0 Å². The molecule has 5 heteroatoms. The molecule has 0 radical (unpaired) electrons. The first-order chi connectivity index (χ1) is 7.65. The summed E-state index contributed by atoms with van der Waals surface area (Å²) in [5.41, 5.74) is 0.845. The zero-order valence-corrected chi connectivity index (χ0v) is 12.7. The lowest BCUT2D eigenvalue weighted by molar-refractivity contribution is 1.52. The molecule has 0 fully saturated rings. The van der Waals surface area contributed by atoms with Gasteiger partial charge >= 0.3 is 0 Å². The first-order valence-electron chi connectivity index (χ1n) is 4.39. The lowest BCUT2D eigenvalue weighted by Crippen LogP contribution is -1.73. The fourth-order valence-corrected chi connectivity index (χ4v) is 2.82. The summed E-state index contributed by atoms with van der Waals surface area (Å²) < 4.78 is 1.98. The van der Waals surface area contributed by atoms with Gasteiger partial charge in [0.05, 0.1) is 14.5 Å². The number of halogens is 3. The van der Waals surface area contributed by atoms with Crippen molar-refractivity contribution in [2.45, 2.75) is 0 Å². The largest absolute Gasteiger partial charge is 0.255 e. The van der Waals surface area contributed by atoms with Crippen LogP contribution >= 0.6 is 54.8 Å². The Kier molecular flexibility index (Phi) is 4.19. The van der Waals surface area contributed by atoms with Crippen LogP contribution in [0.2, 0.25) is 5.02 Å². The van der Waals surface area contributed by atoms with Gasteiger partial charge in [-0.3, -0.25) is 4.99 Å². The van der Waals surface area contributed by atoms with Crippen LogP contribution < -0.4 is 0 Å². The molecule has 1 nitrogen and oxygen atoms in total. The molecule has 0 aliphatic carbocycles. The van der Waals surface area contributed by atoms with Gasteiger partial charge in [-0.05, 0) is 62.2 Å². The van der Waals surface area contributed by atoms with Crippen LogP contribution in [-0.2, 0) is 0 Å². The predicted molar refractivity (Wildman–Crippen MR) is 78.4 cm³/mol. The average Bonchev–Trinajstić information content (AvgIpc) is 2.66. The normalized spacial score (nSPS) is 11.2. The molecular formula is C11H6Br2ClNS. The Morgan fingerprint density at radius 1 is 1.19 bits per heavy atom. The topological polar surface area (TPSA) is 12.4 Å². The van der Waals surface area contributed by atoms with E-state index >= 15 is 0 Å². The summed E-state index contributed by atoms with van der Waals surface area (Å²) >= 11 is 14.4. The van der Waals surface area contributed by atoms with Gasteiger partial charge in [0.1, 0.15) is 0 Å². The van der Waals surface area contributed by atoms with Gasteiger partial charge in [-0.2, -0.15) is 0 Å². The summed E-state index contributed by atoms with van der Waals surface area (Å²) in [5, 5.41) is 0.669. The van der Waals surface area contributed by atoms with Crippen LogP contribution in [-0.4, -0.2) is 6.21 Å². The SMILES string of the molecule is Clc1cc(N=Cc2ccc(Br)s2)ccc1Br. The lowest BCUT2D eigenvalue weighted by atomic mass is 10.3. The standard InChI is InChI=1S/C11H6Br2ClNS/c12-9-3-1-7(5-10(9)14)15-6-8-2-4-11(13)16-8/h1-6H. The molecule has 0 aliphatic heterocycles. The van der Waals surface area contributed by atoms with E-state index in [1.807, 2.05) is 36.5 Å². The van der Waals surface area contributed by atoms with Gasteiger partial charge in [0.15, 0.2) is 0 Å². The second kappa shape index (κ2) is 5.45. The summed E-state index contributed by atoms with van der Waals surface area (Å²) in [5.74, 6) is 0. The van der Waals surface area contributed by atoms with Crippen molar-refractivity contribution in [2.75, 3.05) is 0 Å². The van der Waals surface area contributed by atoms with E-state index in [2.05, 4.69) is 36.9 Å². The van der Waals surface area contributed by atoms with Crippen molar-refractivity contribution >= 4 is 66.7 Å². The smallest absolute Gasteiger partial charge is 0.0705 e. The molecule has 0 unspecified atom stereocenters. The van der Waals surface area contributed by atoms with Crippen LogP contribution in [0.25, 0.3) is 0 Å². The number of hydrogen-bond acceptors (Lipinski definition) is 2. The number of rotatable bonds is 2. The van der Waals surface area contributed by atoms with E-state index in [0.717, 1.165) is 18.8 Å². The Morgan fingerprint density at radius 3 is 2.62 bits per heavy atom. The molecule has 82 valence electrons. The number of nitrogens with zero attached hydrogens (tertiary/aromatic N) is 1. The number of thiophene rings is 1. The summed E-state index contributed by atoms with van der Waals surface area (Å²) in [4.78, 5) is 5.45. The van der Waals surface area contributed by atoms with Gasteiger partial charge in [-0.15, -0.1) is 11.3 Å². The molecule has 16 heavy (non-hydrogen) atoms. The maximum absolute atomic E-state index is 5.97. The molecule has 1 heterocycles. The van der Waals surface area contributed by atoms with Gasteiger partial charge in [0, 0.05) is 15.6 Å². The van der Waals surface area contributed by atoms with Crippen molar-refractivity contribution in [2.24, 2.45) is 4.99 Å². The Labute approximate surface area is 119 Å². The zero-order chi connectivity index (χ0) is 11.5. The molecule has 0 N–H and O–H groups in total. The van der Waals surface area contributed by atoms with Crippen molar-refractivity contribution in [1.82, 2.24) is 0 Å². The van der Waals surface area contributed by atoms with E-state index in [0.29, 0.717) is 5.02 Å². The third kappa shape index (κ3) is 3.17. The monoisotopic (exact) mass is 377 g/mol. The van der Waals surface area contributed by atoms with Gasteiger partial charge in [0.2, 0.25) is 0 Å². The molecule has 2 aromatic rings. The average molecular weight is 380 g/mol. The Hall–Kier alpha value is -0.160. The zero-order valence-electron chi connectivity index (χ0n) is 7.95. The van der Waals surface area contributed by atoms with Gasteiger partial charge < -0.3 is 0 Å². The lowest BCUT2D eigenvalue weighted by Gasteiger charge is -1.96. The Balaban J connectivity index is 2.20. The van der Waals surface area contributed by atoms with Crippen molar-refractivity contribution in [3.63, 3.8) is 0 Å². The number of aliphatic imine (C=N–C) groups is 1. The van der Waals surface area contributed by atoms with Crippen molar-refractivity contribution in [3.05, 3.63) is 48.5 Å². The summed E-state index contributed by atoms with van der Waals surface area (Å²) in [6, 6.07) is 9.64. The van der Waals surface area contributed by atoms with Gasteiger partial charge in [-0.25, -0.2) is 0 Å². The molecule has 1 aromatic carbocycles. The third-order valence-electron chi connectivity index (χ3n) is 1.84. The molecule has 0 saturated heterocycles. The van der Waals surface area contributed by atoms with E-state index in [4.69, 9.17) is 11.6 Å². The first kappa shape index (κ1) is 12.3. The molecule has 1 aromatic heterocycles. The summed E-state index contributed by atoms with van der Waals surface area (Å²) in [6.45, 7) is 0. The Bertz CT molecular complexity index is 537. The maximum atomic E-state index is 5.97. The highest BCUT2D eigenvalue weighted by atomic mass is 79.9. The van der Waals surface area contributed by atoms with Crippen LogP contribution in [0.4, 0.5) is 5.69 Å². The minimum Gasteiger partial charge on any atom is -0.255 e. The Morgan fingerprint density at radius 2 is 2.00 bits per heavy atom. The summed E-state index contributed by atoms with van der Waals surface area (Å²) in [7, 11) is 0. The van der Waals surface area contributed by atoms with Crippen LogP contribution in [0.15, 0.2) is 43.6 Å². The first-order valence-corrected chi connectivity index (χ1v) is 7.17. The van der Waals surface area contributed by atoms with Gasteiger partial charge in [0.25, 0.3) is 0 Å². The molecule has 0 atom stereocenters. The summed E-state index contributed by atoms with van der Waals surface area (Å²) in [6.07, 6.45) is 1.83. The minimum absolute atomic E-state index is 0.669. The van der Waals surface area contributed by atoms with E-state index in [1.165, 1.54) is 0 Å². The van der Waals surface area contributed by atoms with Crippen molar-refractivity contribution in [3.8, 4) is 0 Å². The van der Waals surface area contributed by atoms with E-state index in [-0.39, 0.29) is 0 Å². The second-order valence-corrected chi connectivity index (χ2v) is 6.75. The van der Waals surface area contributed by atoms with Crippen LogP contribution in [0.5, 0.6) is 0 Å². The van der Waals surface area contributed by atoms with Gasteiger partial charge in [-0.1, -0.05) is 11.6 Å². The maximum Gasteiger partial charge on any atom is 0.0705 e. The second-order valence-electron chi connectivity index (χ2n) is 3.00. The van der Waals surface area contributed by atoms with Crippen LogP contribution in [0, 0.1) is 0 Å². The van der Waals surface area contributed by atoms with E-state index in [1.54, 1.807) is 11.3 Å². The number of benzene rings is 1. The van der Waals surface area contributed by atoms with Crippen molar-refractivity contribution < 1.29 is 0 Å². The number of hydrogen-bond donors (Lipinski definition) is 0. The van der Waals surface area contributed by atoms with E-state index < -0.39 is 0 Å². The fourth-order valence-electron chi connectivity index (χ4n) is 1.10. The van der Waals surface area contributed by atoms with Crippen molar-refractivity contribution in [1.29, 1.82) is 0 Å². The molecule has 0 spiro atoms. The molecule has 0 bridgehead atoms. The highest BCUT2D eigenvalue weighted by Crippen LogP contribution is 2.27. The highest BCUT2D eigenvalue weighted by molar-refractivity contribution is 9.11. The predicted octanol–water partition coefficient (Wildman–Crippen LogP) is 5.68. The molecule has 0 saturated carbocycles. The highest BCUT2D eigenvalue weighted by Gasteiger charge is 1.98. The third-order valence-corrected chi connectivity index (χ3v) is 4.63. The van der Waals surface area contributed by atoms with Crippen LogP contribution in [0.1, 0.15) is 4.88 Å². The van der Waals surface area contributed by atoms with E-state index in [9.17, 15) is 0 Å². The molecular weight excluding hydrogens is 373 g/mol. The quantitative estimate of drug-likeness (QED) is 0.596. The fraction of sp³-hybridized carbons (Fsp3) is 0. The molecule has 0 amide bonds. The molecule has 0 aliphatic rings. The minimum atomic E-state index is 0.669. The molecule has 2 rings (SSSR count).